The smallest absolute Gasteiger partial charge is 0.274 e. The number of fused-ring (bicyclic) bond motifs is 1. The first-order valence-electron chi connectivity index (χ1n) is 7.66. The minimum Gasteiger partial charge on any atom is -0.454 e. The van der Waals surface area contributed by atoms with E-state index in [0.29, 0.717) is 30.0 Å². The zero-order valence-electron chi connectivity index (χ0n) is 13.7. The van der Waals surface area contributed by atoms with Crippen molar-refractivity contribution < 1.29 is 24.5 Å². The first-order valence-corrected chi connectivity index (χ1v) is 7.66. The number of nitro benzene ring substituents is 1. The van der Waals surface area contributed by atoms with E-state index in [4.69, 9.17) is 14.7 Å². The van der Waals surface area contributed by atoms with E-state index in [-0.39, 0.29) is 19.1 Å². The fourth-order valence-corrected chi connectivity index (χ4v) is 2.78. The van der Waals surface area contributed by atoms with Crippen molar-refractivity contribution in [2.75, 3.05) is 13.8 Å². The molecule has 0 saturated heterocycles. The number of hydrogen-bond acceptors (Lipinski definition) is 7. The highest BCUT2D eigenvalue weighted by Crippen LogP contribution is 2.33. The lowest BCUT2D eigenvalue weighted by Gasteiger charge is -2.17. The van der Waals surface area contributed by atoms with Crippen molar-refractivity contribution in [1.29, 1.82) is 0 Å². The number of rotatable bonds is 7. The Balaban J connectivity index is 1.72. The molecule has 0 radical (unpaired) electrons. The number of benzene rings is 2. The van der Waals surface area contributed by atoms with Gasteiger partial charge in [0.25, 0.3) is 5.69 Å². The van der Waals surface area contributed by atoms with Crippen LogP contribution in [-0.2, 0) is 24.6 Å². The van der Waals surface area contributed by atoms with E-state index in [0.717, 1.165) is 11.3 Å². The highest BCUT2D eigenvalue weighted by molar-refractivity contribution is 5.45. The van der Waals surface area contributed by atoms with Gasteiger partial charge in [0.15, 0.2) is 11.5 Å². The van der Waals surface area contributed by atoms with Crippen LogP contribution in [0.4, 0.5) is 5.69 Å². The summed E-state index contributed by atoms with van der Waals surface area (Å²) in [6.45, 7) is 1.15. The second-order valence-corrected chi connectivity index (χ2v) is 5.85. The van der Waals surface area contributed by atoms with E-state index < -0.39 is 4.92 Å². The summed E-state index contributed by atoms with van der Waals surface area (Å²) < 4.78 is 10.7. The summed E-state index contributed by atoms with van der Waals surface area (Å²) >= 11 is 0. The van der Waals surface area contributed by atoms with Gasteiger partial charge in [-0.1, -0.05) is 18.2 Å². The number of nitrogens with zero attached hydrogens (tertiary/aromatic N) is 2. The van der Waals surface area contributed by atoms with Gasteiger partial charge in [-0.2, -0.15) is 0 Å². The van der Waals surface area contributed by atoms with Crippen molar-refractivity contribution in [1.82, 2.24) is 4.90 Å². The highest BCUT2D eigenvalue weighted by atomic mass is 17.1. The molecule has 0 aliphatic carbocycles. The minimum absolute atomic E-state index is 0.00656. The third kappa shape index (κ3) is 4.05. The van der Waals surface area contributed by atoms with Gasteiger partial charge in [-0.3, -0.25) is 20.3 Å². The van der Waals surface area contributed by atoms with Gasteiger partial charge >= 0.3 is 0 Å². The lowest BCUT2D eigenvalue weighted by atomic mass is 10.1. The predicted molar refractivity (Wildman–Crippen MR) is 88.3 cm³/mol. The summed E-state index contributed by atoms with van der Waals surface area (Å²) in [6.07, 6.45) is 0. The van der Waals surface area contributed by atoms with Crippen LogP contribution in [0.1, 0.15) is 16.7 Å². The maximum Gasteiger partial charge on any atom is 0.274 e. The summed E-state index contributed by atoms with van der Waals surface area (Å²) in [5.74, 6) is 1.44. The topological polar surface area (TPSA) is 94.3 Å². The molecule has 132 valence electrons. The average Bonchev–Trinajstić information content (AvgIpc) is 3.04. The van der Waals surface area contributed by atoms with E-state index in [9.17, 15) is 10.1 Å². The molecule has 1 N–H and O–H groups in total. The largest absolute Gasteiger partial charge is 0.454 e. The molecule has 2 aromatic rings. The Morgan fingerprint density at radius 3 is 2.68 bits per heavy atom. The van der Waals surface area contributed by atoms with Crippen LogP contribution in [-0.4, -0.2) is 28.9 Å². The van der Waals surface area contributed by atoms with Crippen LogP contribution in [0.5, 0.6) is 11.5 Å². The Labute approximate surface area is 144 Å². The molecule has 0 fully saturated rings. The Bertz CT molecular complexity index is 780. The van der Waals surface area contributed by atoms with Crippen LogP contribution in [0.2, 0.25) is 0 Å². The minimum atomic E-state index is -0.426. The van der Waals surface area contributed by atoms with Crippen molar-refractivity contribution in [2.45, 2.75) is 19.7 Å². The summed E-state index contributed by atoms with van der Waals surface area (Å²) in [7, 11) is 1.89. The first kappa shape index (κ1) is 17.2. The highest BCUT2D eigenvalue weighted by Gasteiger charge is 2.17. The number of ether oxygens (including phenoxy) is 2. The molecule has 0 spiro atoms. The lowest BCUT2D eigenvalue weighted by Crippen LogP contribution is -2.18. The van der Waals surface area contributed by atoms with Crippen molar-refractivity contribution in [2.24, 2.45) is 0 Å². The molecular formula is C17H18N2O6. The molecule has 0 aromatic heterocycles. The van der Waals surface area contributed by atoms with Gasteiger partial charge in [-0.15, -0.1) is 0 Å². The Morgan fingerprint density at radius 2 is 1.92 bits per heavy atom. The zero-order valence-corrected chi connectivity index (χ0v) is 13.7. The maximum atomic E-state index is 11.3. The fraction of sp³-hybridized carbons (Fsp3) is 0.294. The summed E-state index contributed by atoms with van der Waals surface area (Å²) in [5, 5.41) is 19.8. The predicted octanol–water partition coefficient (Wildman–Crippen LogP) is 2.95. The molecular weight excluding hydrogens is 328 g/mol. The summed E-state index contributed by atoms with van der Waals surface area (Å²) in [4.78, 5) is 16.9. The first-order chi connectivity index (χ1) is 12.1. The zero-order chi connectivity index (χ0) is 17.8. The van der Waals surface area contributed by atoms with Crippen LogP contribution in [0, 0.1) is 10.1 Å². The van der Waals surface area contributed by atoms with Crippen LogP contribution < -0.4 is 9.47 Å². The Morgan fingerprint density at radius 1 is 1.16 bits per heavy atom. The standard InChI is InChI=1S/C17H18N2O6/c1-18(8-12-3-5-16-17(7-12)24-11-23-16)9-14-4-2-13(10-25-22)6-15(14)19(20)21/h2-7,22H,8-11H2,1H3. The van der Waals surface area contributed by atoms with Crippen LogP contribution in [0.15, 0.2) is 36.4 Å². The van der Waals surface area contributed by atoms with Gasteiger partial charge in [0, 0.05) is 24.7 Å². The van der Waals surface area contributed by atoms with Crippen molar-refractivity contribution in [3.8, 4) is 11.5 Å². The van der Waals surface area contributed by atoms with E-state index in [2.05, 4.69) is 4.89 Å². The van der Waals surface area contributed by atoms with Gasteiger partial charge < -0.3 is 9.47 Å². The van der Waals surface area contributed by atoms with E-state index in [1.165, 1.54) is 6.07 Å². The SMILES string of the molecule is CN(Cc1ccc2c(c1)OCO2)Cc1ccc(COO)cc1[N+](=O)[O-]. The van der Waals surface area contributed by atoms with Gasteiger partial charge in [0.2, 0.25) is 6.79 Å². The molecule has 0 atom stereocenters. The molecule has 1 heterocycles. The molecule has 1 aliphatic heterocycles. The molecule has 0 bridgehead atoms. The van der Waals surface area contributed by atoms with E-state index >= 15 is 0 Å². The molecule has 25 heavy (non-hydrogen) atoms. The molecule has 1 aliphatic rings. The molecule has 3 rings (SSSR count). The lowest BCUT2D eigenvalue weighted by molar-refractivity contribution is -0.385. The number of nitro groups is 1. The van der Waals surface area contributed by atoms with Gasteiger partial charge in [0.05, 0.1) is 4.92 Å². The molecule has 2 aromatic carbocycles. The molecule has 8 heteroatoms. The van der Waals surface area contributed by atoms with Crippen molar-refractivity contribution >= 4 is 5.69 Å². The summed E-state index contributed by atoms with van der Waals surface area (Å²) in [5.41, 5.74) is 2.16. The molecule has 0 unspecified atom stereocenters. The average molecular weight is 346 g/mol. The monoisotopic (exact) mass is 346 g/mol. The Hall–Kier alpha value is -2.68. The summed E-state index contributed by atoms with van der Waals surface area (Å²) in [6, 6.07) is 10.5. The van der Waals surface area contributed by atoms with Crippen LogP contribution >= 0.6 is 0 Å². The van der Waals surface area contributed by atoms with E-state index in [1.807, 2.05) is 30.1 Å². The number of hydrogen-bond donors (Lipinski definition) is 1. The van der Waals surface area contributed by atoms with Gasteiger partial charge in [0.1, 0.15) is 6.61 Å². The fourth-order valence-electron chi connectivity index (χ4n) is 2.78. The van der Waals surface area contributed by atoms with Gasteiger partial charge in [-0.05, 0) is 30.3 Å². The van der Waals surface area contributed by atoms with Crippen molar-refractivity contribution in [3.05, 3.63) is 63.2 Å². The third-order valence-electron chi connectivity index (χ3n) is 3.91. The normalized spacial score (nSPS) is 12.6. The van der Waals surface area contributed by atoms with Crippen molar-refractivity contribution in [3.63, 3.8) is 0 Å². The van der Waals surface area contributed by atoms with Gasteiger partial charge in [-0.25, -0.2) is 4.89 Å². The second kappa shape index (κ2) is 7.47. The molecule has 0 amide bonds. The second-order valence-electron chi connectivity index (χ2n) is 5.85. The Kier molecular flexibility index (Phi) is 5.13. The molecule has 8 nitrogen and oxygen atoms in total. The molecule has 0 saturated carbocycles. The van der Waals surface area contributed by atoms with Crippen LogP contribution in [0.3, 0.4) is 0 Å². The third-order valence-corrected chi connectivity index (χ3v) is 3.91. The quantitative estimate of drug-likeness (QED) is 0.468. The van der Waals surface area contributed by atoms with E-state index in [1.54, 1.807) is 12.1 Å². The van der Waals surface area contributed by atoms with Crippen LogP contribution in [0.25, 0.3) is 0 Å². The maximum absolute atomic E-state index is 11.3.